The van der Waals surface area contributed by atoms with Crippen LogP contribution in [0.3, 0.4) is 0 Å². The quantitative estimate of drug-likeness (QED) is 0.861. The van der Waals surface area contributed by atoms with E-state index in [4.69, 9.17) is 4.74 Å². The molecule has 0 amide bonds. The zero-order valence-electron chi connectivity index (χ0n) is 11.0. The van der Waals surface area contributed by atoms with Gasteiger partial charge in [0, 0.05) is 18.8 Å². The zero-order chi connectivity index (χ0) is 13.7. The summed E-state index contributed by atoms with van der Waals surface area (Å²) in [6.45, 7) is 2.37. The minimum atomic E-state index is -0.441. The molecule has 5 nitrogen and oxygen atoms in total. The van der Waals surface area contributed by atoms with Gasteiger partial charge in [-0.15, -0.1) is 0 Å². The molecule has 0 saturated heterocycles. The molecule has 1 unspecified atom stereocenters. The summed E-state index contributed by atoms with van der Waals surface area (Å²) in [4.78, 5) is 8.27. The van der Waals surface area contributed by atoms with E-state index >= 15 is 0 Å². The fourth-order valence-corrected chi connectivity index (χ4v) is 1.64. The first-order chi connectivity index (χ1) is 9.19. The second kappa shape index (κ2) is 6.15. The highest BCUT2D eigenvalue weighted by Crippen LogP contribution is 2.14. The van der Waals surface area contributed by atoms with Crippen molar-refractivity contribution >= 4 is 5.95 Å². The van der Waals surface area contributed by atoms with Gasteiger partial charge in [-0.25, -0.2) is 4.98 Å². The monoisotopic (exact) mass is 259 g/mol. The van der Waals surface area contributed by atoms with Crippen molar-refractivity contribution in [2.75, 3.05) is 12.4 Å². The van der Waals surface area contributed by atoms with Crippen LogP contribution in [0, 0.1) is 0 Å². The zero-order valence-corrected chi connectivity index (χ0v) is 11.0. The molecule has 19 heavy (non-hydrogen) atoms. The number of benzene rings is 1. The summed E-state index contributed by atoms with van der Waals surface area (Å²) in [5.41, 5.74) is 2.00. The number of aliphatic hydroxyl groups is 1. The predicted molar refractivity (Wildman–Crippen MR) is 73.0 cm³/mol. The number of nitrogens with one attached hydrogen (secondary N) is 1. The number of anilines is 1. The number of hydrogen-bond donors (Lipinski definition) is 2. The predicted octanol–water partition coefficient (Wildman–Crippen LogP) is 2.15. The molecule has 2 rings (SSSR count). The van der Waals surface area contributed by atoms with Crippen molar-refractivity contribution < 1.29 is 9.84 Å². The van der Waals surface area contributed by atoms with Gasteiger partial charge in [0.2, 0.25) is 11.8 Å². The van der Waals surface area contributed by atoms with Crippen LogP contribution in [0.25, 0.3) is 0 Å². The van der Waals surface area contributed by atoms with Crippen LogP contribution in [0.1, 0.15) is 24.2 Å². The molecule has 0 radical (unpaired) electrons. The molecule has 0 aliphatic heterocycles. The van der Waals surface area contributed by atoms with Gasteiger partial charge in [-0.1, -0.05) is 24.3 Å². The number of nitrogens with zero attached hydrogens (tertiary/aromatic N) is 2. The Labute approximate surface area is 112 Å². The van der Waals surface area contributed by atoms with Gasteiger partial charge < -0.3 is 15.2 Å². The third-order valence-corrected chi connectivity index (χ3v) is 2.75. The topological polar surface area (TPSA) is 67.3 Å². The summed E-state index contributed by atoms with van der Waals surface area (Å²) in [6.07, 6.45) is 1.20. The Morgan fingerprint density at radius 3 is 2.63 bits per heavy atom. The summed E-state index contributed by atoms with van der Waals surface area (Å²) < 4.78 is 5.03. The van der Waals surface area contributed by atoms with Crippen molar-refractivity contribution in [1.82, 2.24) is 9.97 Å². The molecule has 100 valence electrons. The highest BCUT2D eigenvalue weighted by Gasteiger charge is 2.01. The van der Waals surface area contributed by atoms with E-state index in [1.54, 1.807) is 26.3 Å². The minimum absolute atomic E-state index is 0.441. The first-order valence-corrected chi connectivity index (χ1v) is 6.07. The third kappa shape index (κ3) is 3.66. The number of rotatable bonds is 5. The van der Waals surface area contributed by atoms with Crippen LogP contribution >= 0.6 is 0 Å². The van der Waals surface area contributed by atoms with E-state index in [9.17, 15) is 5.11 Å². The molecule has 1 atom stereocenters. The molecule has 1 aromatic heterocycles. The van der Waals surface area contributed by atoms with Gasteiger partial charge in [-0.05, 0) is 18.1 Å². The smallest absolute Gasteiger partial charge is 0.226 e. The first-order valence-electron chi connectivity index (χ1n) is 6.07. The van der Waals surface area contributed by atoms with Crippen LogP contribution in [-0.2, 0) is 6.54 Å². The average Bonchev–Trinajstić information content (AvgIpc) is 2.46. The Morgan fingerprint density at radius 2 is 2.00 bits per heavy atom. The second-order valence-electron chi connectivity index (χ2n) is 4.19. The van der Waals surface area contributed by atoms with Crippen LogP contribution in [0.4, 0.5) is 5.95 Å². The Hall–Kier alpha value is -2.14. The number of methoxy groups -OCH3 is 1. The fourth-order valence-electron chi connectivity index (χ4n) is 1.64. The highest BCUT2D eigenvalue weighted by atomic mass is 16.5. The summed E-state index contributed by atoms with van der Waals surface area (Å²) in [5, 5.41) is 12.6. The lowest BCUT2D eigenvalue weighted by Gasteiger charge is -2.08. The first kappa shape index (κ1) is 13.3. The normalized spacial score (nSPS) is 11.9. The van der Waals surface area contributed by atoms with Gasteiger partial charge in [-0.3, -0.25) is 0 Å². The molecule has 0 saturated carbocycles. The number of ether oxygens (including phenoxy) is 1. The Kier molecular flexibility index (Phi) is 4.30. The van der Waals surface area contributed by atoms with E-state index in [0.717, 1.165) is 11.1 Å². The van der Waals surface area contributed by atoms with E-state index in [-0.39, 0.29) is 0 Å². The highest BCUT2D eigenvalue weighted by molar-refractivity contribution is 5.31. The van der Waals surface area contributed by atoms with Gasteiger partial charge in [0.05, 0.1) is 13.2 Å². The summed E-state index contributed by atoms with van der Waals surface area (Å²) in [5.74, 6) is 1.06. The average molecular weight is 259 g/mol. The lowest BCUT2D eigenvalue weighted by atomic mass is 10.1. The third-order valence-electron chi connectivity index (χ3n) is 2.75. The molecular weight excluding hydrogens is 242 g/mol. The Balaban J connectivity index is 1.98. The Bertz CT molecular complexity index is 526. The van der Waals surface area contributed by atoms with E-state index in [1.807, 2.05) is 24.3 Å². The molecule has 2 aromatic rings. The summed E-state index contributed by atoms with van der Waals surface area (Å²) in [6, 6.07) is 9.45. The van der Waals surface area contributed by atoms with E-state index in [1.165, 1.54) is 0 Å². The molecule has 1 aromatic carbocycles. The van der Waals surface area contributed by atoms with Crippen molar-refractivity contribution in [2.24, 2.45) is 0 Å². The SMILES string of the molecule is COc1ccnc(NCc2ccc(C(C)O)cc2)n1. The molecule has 2 N–H and O–H groups in total. The number of aliphatic hydroxyl groups excluding tert-OH is 1. The van der Waals surface area contributed by atoms with Crippen molar-refractivity contribution in [3.8, 4) is 5.88 Å². The molecule has 0 spiro atoms. The molecule has 0 aliphatic rings. The molecule has 0 fully saturated rings. The fraction of sp³-hybridized carbons (Fsp3) is 0.286. The molecule has 1 heterocycles. The van der Waals surface area contributed by atoms with Gasteiger partial charge >= 0.3 is 0 Å². The van der Waals surface area contributed by atoms with Crippen LogP contribution in [0.2, 0.25) is 0 Å². The lowest BCUT2D eigenvalue weighted by molar-refractivity contribution is 0.199. The standard InChI is InChI=1S/C14H17N3O2/c1-10(18)12-5-3-11(4-6-12)9-16-14-15-8-7-13(17-14)19-2/h3-8,10,18H,9H2,1-2H3,(H,15,16,17). The van der Waals surface area contributed by atoms with Crippen LogP contribution in [-0.4, -0.2) is 22.2 Å². The van der Waals surface area contributed by atoms with E-state index in [0.29, 0.717) is 18.4 Å². The molecule has 0 aliphatic carbocycles. The molecular formula is C14H17N3O2. The van der Waals surface area contributed by atoms with Crippen molar-refractivity contribution in [1.29, 1.82) is 0 Å². The molecule has 5 heteroatoms. The largest absolute Gasteiger partial charge is 0.481 e. The summed E-state index contributed by atoms with van der Waals surface area (Å²) >= 11 is 0. The second-order valence-corrected chi connectivity index (χ2v) is 4.19. The Morgan fingerprint density at radius 1 is 1.26 bits per heavy atom. The van der Waals surface area contributed by atoms with Crippen molar-refractivity contribution in [2.45, 2.75) is 19.6 Å². The summed E-state index contributed by atoms with van der Waals surface area (Å²) in [7, 11) is 1.57. The number of hydrogen-bond acceptors (Lipinski definition) is 5. The maximum absolute atomic E-state index is 9.43. The van der Waals surface area contributed by atoms with E-state index < -0.39 is 6.10 Å². The van der Waals surface area contributed by atoms with Crippen LogP contribution in [0.5, 0.6) is 5.88 Å². The maximum Gasteiger partial charge on any atom is 0.226 e. The van der Waals surface area contributed by atoms with E-state index in [2.05, 4.69) is 15.3 Å². The van der Waals surface area contributed by atoms with Crippen molar-refractivity contribution in [3.63, 3.8) is 0 Å². The molecule has 0 bridgehead atoms. The van der Waals surface area contributed by atoms with Crippen molar-refractivity contribution in [3.05, 3.63) is 47.7 Å². The van der Waals surface area contributed by atoms with Gasteiger partial charge in [-0.2, -0.15) is 4.98 Å². The van der Waals surface area contributed by atoms with Crippen LogP contribution in [0.15, 0.2) is 36.5 Å². The maximum atomic E-state index is 9.43. The van der Waals surface area contributed by atoms with Gasteiger partial charge in [0.15, 0.2) is 0 Å². The van der Waals surface area contributed by atoms with Gasteiger partial charge in [0.25, 0.3) is 0 Å². The van der Waals surface area contributed by atoms with Crippen LogP contribution < -0.4 is 10.1 Å². The lowest BCUT2D eigenvalue weighted by Crippen LogP contribution is -2.04. The number of aromatic nitrogens is 2. The van der Waals surface area contributed by atoms with Gasteiger partial charge in [0.1, 0.15) is 0 Å². The minimum Gasteiger partial charge on any atom is -0.481 e.